The Balaban J connectivity index is 2.75. The van der Waals surface area contributed by atoms with Gasteiger partial charge in [-0.2, -0.15) is 0 Å². The van der Waals surface area contributed by atoms with Gasteiger partial charge in [0.25, 0.3) is 0 Å². The molecule has 0 unspecified atom stereocenters. The quantitative estimate of drug-likeness (QED) is 0.732. The van der Waals surface area contributed by atoms with E-state index in [0.29, 0.717) is 6.42 Å². The van der Waals surface area contributed by atoms with E-state index in [9.17, 15) is 9.59 Å². The van der Waals surface area contributed by atoms with Crippen molar-refractivity contribution in [1.29, 1.82) is 0 Å². The summed E-state index contributed by atoms with van der Waals surface area (Å²) in [6, 6.07) is 9.76. The van der Waals surface area contributed by atoms with Crippen LogP contribution in [0.25, 0.3) is 5.70 Å². The first-order valence-electron chi connectivity index (χ1n) is 7.65. The second-order valence-electron chi connectivity index (χ2n) is 5.24. The highest BCUT2D eigenvalue weighted by Gasteiger charge is 2.13. The first-order chi connectivity index (χ1) is 10.1. The molecule has 0 radical (unpaired) electrons. The first kappa shape index (κ1) is 17.2. The van der Waals surface area contributed by atoms with Crippen LogP contribution < -0.4 is 5.32 Å². The Labute approximate surface area is 127 Å². The number of nitrogens with one attached hydrogen (secondary N) is 1. The lowest BCUT2D eigenvalue weighted by Gasteiger charge is -2.13. The van der Waals surface area contributed by atoms with Crippen LogP contribution in [-0.4, -0.2) is 11.7 Å². The summed E-state index contributed by atoms with van der Waals surface area (Å²) in [5.41, 5.74) is 2.91. The number of carbonyl (C=O) groups is 2. The molecule has 0 aromatic heterocycles. The number of rotatable bonds is 8. The van der Waals surface area contributed by atoms with Crippen molar-refractivity contribution in [2.75, 3.05) is 0 Å². The lowest BCUT2D eigenvalue weighted by molar-refractivity contribution is -0.127. The normalized spacial score (nSPS) is 11.8. The number of hydrogen-bond acceptors (Lipinski definition) is 2. The third-order valence-corrected chi connectivity index (χ3v) is 3.45. The van der Waals surface area contributed by atoms with E-state index in [1.165, 1.54) is 0 Å². The zero-order valence-corrected chi connectivity index (χ0v) is 13.2. The van der Waals surface area contributed by atoms with Crippen LogP contribution in [0.2, 0.25) is 0 Å². The molecule has 0 atom stereocenters. The van der Waals surface area contributed by atoms with Gasteiger partial charge in [0.15, 0.2) is 0 Å². The van der Waals surface area contributed by atoms with Crippen LogP contribution >= 0.6 is 0 Å². The van der Waals surface area contributed by atoms with Gasteiger partial charge in [-0.25, -0.2) is 0 Å². The summed E-state index contributed by atoms with van der Waals surface area (Å²) in [5.74, 6) is -0.210. The summed E-state index contributed by atoms with van der Waals surface area (Å²) in [4.78, 5) is 23.7. The summed E-state index contributed by atoms with van der Waals surface area (Å²) in [5, 5.41) is 2.91. The molecule has 0 aliphatic carbocycles. The molecule has 114 valence electrons. The van der Waals surface area contributed by atoms with Crippen LogP contribution in [0.5, 0.6) is 0 Å². The molecular formula is C18H25NO2. The largest absolute Gasteiger partial charge is 0.325 e. The van der Waals surface area contributed by atoms with E-state index in [1.807, 2.05) is 44.2 Å². The zero-order valence-electron chi connectivity index (χ0n) is 13.2. The minimum atomic E-state index is -0.220. The Morgan fingerprint density at radius 1 is 1.10 bits per heavy atom. The molecule has 21 heavy (non-hydrogen) atoms. The number of allylic oxidation sites excluding steroid dienone is 1. The van der Waals surface area contributed by atoms with Crippen molar-refractivity contribution < 1.29 is 9.59 Å². The van der Waals surface area contributed by atoms with E-state index in [2.05, 4.69) is 12.2 Å². The molecule has 0 saturated heterocycles. The maximum absolute atomic E-state index is 12.1. The highest BCUT2D eigenvalue weighted by Crippen LogP contribution is 2.18. The summed E-state index contributed by atoms with van der Waals surface area (Å²) in [6.07, 6.45) is 3.13. The minimum Gasteiger partial charge on any atom is -0.325 e. The Bertz CT molecular complexity index is 503. The average molecular weight is 287 g/mol. The van der Waals surface area contributed by atoms with Crippen molar-refractivity contribution in [3.8, 4) is 0 Å². The molecule has 1 aromatic rings. The number of Topliss-reactive ketones (excluding diaryl/α,β-unsaturated/α-hetero) is 1. The maximum atomic E-state index is 12.1. The van der Waals surface area contributed by atoms with Gasteiger partial charge in [0.1, 0.15) is 5.78 Å². The number of amides is 1. The molecule has 0 aliphatic rings. The Morgan fingerprint density at radius 2 is 1.76 bits per heavy atom. The summed E-state index contributed by atoms with van der Waals surface area (Å²) >= 11 is 0. The third kappa shape index (κ3) is 5.94. The molecule has 0 heterocycles. The second kappa shape index (κ2) is 9.11. The summed E-state index contributed by atoms with van der Waals surface area (Å²) < 4.78 is 0. The van der Waals surface area contributed by atoms with Crippen LogP contribution in [0, 0.1) is 0 Å². The van der Waals surface area contributed by atoms with E-state index >= 15 is 0 Å². The van der Waals surface area contributed by atoms with E-state index in [4.69, 9.17) is 0 Å². The zero-order chi connectivity index (χ0) is 15.7. The van der Waals surface area contributed by atoms with Crippen LogP contribution in [0.15, 0.2) is 35.9 Å². The molecule has 0 aliphatic heterocycles. The molecular weight excluding hydrogens is 262 g/mol. The molecule has 0 saturated carbocycles. The first-order valence-corrected chi connectivity index (χ1v) is 7.65. The van der Waals surface area contributed by atoms with Gasteiger partial charge in [-0.15, -0.1) is 0 Å². The SMILES string of the molecule is CCCCC(=O)CC(=O)NC(=C(C)CC)c1ccccc1. The third-order valence-electron chi connectivity index (χ3n) is 3.45. The number of benzene rings is 1. The Hall–Kier alpha value is -1.90. The van der Waals surface area contributed by atoms with Crippen molar-refractivity contribution >= 4 is 17.4 Å². The molecule has 3 nitrogen and oxygen atoms in total. The molecule has 1 aromatic carbocycles. The van der Waals surface area contributed by atoms with Crippen LogP contribution in [0.1, 0.15) is 58.4 Å². The van der Waals surface area contributed by atoms with Gasteiger partial charge in [-0.05, 0) is 30.9 Å². The fraction of sp³-hybridized carbons (Fsp3) is 0.444. The smallest absolute Gasteiger partial charge is 0.231 e. The number of carbonyl (C=O) groups excluding carboxylic acids is 2. The molecule has 1 amide bonds. The van der Waals surface area contributed by atoms with Crippen molar-refractivity contribution in [2.45, 2.75) is 52.9 Å². The lowest BCUT2D eigenvalue weighted by atomic mass is 10.0. The highest BCUT2D eigenvalue weighted by molar-refractivity contribution is 6.01. The molecule has 3 heteroatoms. The fourth-order valence-corrected chi connectivity index (χ4v) is 2.03. The van der Waals surface area contributed by atoms with Gasteiger partial charge in [-0.3, -0.25) is 9.59 Å². The summed E-state index contributed by atoms with van der Waals surface area (Å²) in [6.45, 7) is 6.09. The van der Waals surface area contributed by atoms with Gasteiger partial charge < -0.3 is 5.32 Å². The average Bonchev–Trinajstić information content (AvgIpc) is 2.50. The van der Waals surface area contributed by atoms with E-state index in [1.54, 1.807) is 0 Å². The minimum absolute atomic E-state index is 0.0101. The van der Waals surface area contributed by atoms with Gasteiger partial charge in [-0.1, -0.05) is 50.6 Å². The molecule has 1 rings (SSSR count). The number of hydrogen-bond donors (Lipinski definition) is 1. The van der Waals surface area contributed by atoms with Crippen molar-refractivity contribution in [2.24, 2.45) is 0 Å². The van der Waals surface area contributed by atoms with Crippen molar-refractivity contribution in [3.63, 3.8) is 0 Å². The molecule has 0 bridgehead atoms. The predicted molar refractivity (Wildman–Crippen MR) is 86.6 cm³/mol. The topological polar surface area (TPSA) is 46.2 Å². The van der Waals surface area contributed by atoms with Gasteiger partial charge >= 0.3 is 0 Å². The molecule has 1 N–H and O–H groups in total. The van der Waals surface area contributed by atoms with Crippen LogP contribution in [0.3, 0.4) is 0 Å². The highest BCUT2D eigenvalue weighted by atomic mass is 16.2. The van der Waals surface area contributed by atoms with Crippen LogP contribution in [0.4, 0.5) is 0 Å². The summed E-state index contributed by atoms with van der Waals surface area (Å²) in [7, 11) is 0. The Kier molecular flexibility index (Phi) is 7.44. The van der Waals surface area contributed by atoms with E-state index in [0.717, 1.165) is 36.1 Å². The fourth-order valence-electron chi connectivity index (χ4n) is 2.03. The van der Waals surface area contributed by atoms with E-state index in [-0.39, 0.29) is 18.1 Å². The maximum Gasteiger partial charge on any atom is 0.231 e. The van der Waals surface area contributed by atoms with Gasteiger partial charge in [0.2, 0.25) is 5.91 Å². The second-order valence-corrected chi connectivity index (χ2v) is 5.24. The van der Waals surface area contributed by atoms with E-state index < -0.39 is 0 Å². The van der Waals surface area contributed by atoms with Crippen molar-refractivity contribution in [1.82, 2.24) is 5.32 Å². The molecule has 0 spiro atoms. The van der Waals surface area contributed by atoms with Crippen LogP contribution in [-0.2, 0) is 9.59 Å². The van der Waals surface area contributed by atoms with Crippen molar-refractivity contribution in [3.05, 3.63) is 41.5 Å². The molecule has 0 fully saturated rings. The lowest BCUT2D eigenvalue weighted by Crippen LogP contribution is -2.25. The Morgan fingerprint density at radius 3 is 2.33 bits per heavy atom. The monoisotopic (exact) mass is 287 g/mol. The van der Waals surface area contributed by atoms with Gasteiger partial charge in [0.05, 0.1) is 6.42 Å². The standard InChI is InChI=1S/C18H25NO2/c1-4-6-12-16(20)13-17(21)19-18(14(3)5-2)15-10-8-7-9-11-15/h7-11H,4-6,12-13H2,1-3H3,(H,19,21). The van der Waals surface area contributed by atoms with Gasteiger partial charge in [0, 0.05) is 12.1 Å². The number of unbranched alkanes of at least 4 members (excludes halogenated alkanes) is 1. The predicted octanol–water partition coefficient (Wildman–Crippen LogP) is 4.09. The number of ketones is 1.